The van der Waals surface area contributed by atoms with Gasteiger partial charge >= 0.3 is 5.97 Å². The molecule has 4 nitrogen and oxygen atoms in total. The van der Waals surface area contributed by atoms with E-state index in [1.54, 1.807) is 18.2 Å². The van der Waals surface area contributed by atoms with E-state index in [0.29, 0.717) is 17.2 Å². The average Bonchev–Trinajstić information content (AvgIpc) is 2.66. The molecule has 0 bridgehead atoms. The molecule has 2 atom stereocenters. The summed E-state index contributed by atoms with van der Waals surface area (Å²) in [5.41, 5.74) is 3.33. The van der Waals surface area contributed by atoms with E-state index in [1.165, 1.54) is 19.2 Å². The van der Waals surface area contributed by atoms with Crippen molar-refractivity contribution in [2.75, 3.05) is 7.11 Å². The second-order valence-corrected chi connectivity index (χ2v) is 7.82. The SMILES string of the molecule is COc1c(Cl)cc(C(C)C)c(C=C[C@@H]2C[C@@H](O)CC(=O)O2)c1-c1ccc(F)cc1. The molecule has 1 fully saturated rings. The minimum atomic E-state index is -0.716. The molecule has 1 saturated heterocycles. The van der Waals surface area contributed by atoms with Crippen molar-refractivity contribution in [2.24, 2.45) is 0 Å². The molecule has 1 aliphatic heterocycles. The smallest absolute Gasteiger partial charge is 0.309 e. The second kappa shape index (κ2) is 8.97. The van der Waals surface area contributed by atoms with Crippen molar-refractivity contribution in [3.05, 3.63) is 58.4 Å². The Morgan fingerprint density at radius 1 is 1.31 bits per heavy atom. The molecule has 0 unspecified atom stereocenters. The van der Waals surface area contributed by atoms with Gasteiger partial charge in [-0.1, -0.05) is 43.7 Å². The number of hydrogen-bond acceptors (Lipinski definition) is 4. The molecular formula is C23H24ClFO4. The van der Waals surface area contributed by atoms with Crippen LogP contribution in [-0.2, 0) is 9.53 Å². The molecule has 0 amide bonds. The minimum Gasteiger partial charge on any atom is -0.495 e. The van der Waals surface area contributed by atoms with Crippen LogP contribution in [0.15, 0.2) is 36.4 Å². The molecule has 154 valence electrons. The highest BCUT2D eigenvalue weighted by Crippen LogP contribution is 2.43. The molecule has 1 aliphatic rings. The number of carbonyl (C=O) groups excluding carboxylic acids is 1. The van der Waals surface area contributed by atoms with E-state index < -0.39 is 18.2 Å². The molecule has 29 heavy (non-hydrogen) atoms. The number of benzene rings is 2. The van der Waals surface area contributed by atoms with Crippen molar-refractivity contribution < 1.29 is 23.8 Å². The largest absolute Gasteiger partial charge is 0.495 e. The van der Waals surface area contributed by atoms with Crippen LogP contribution in [0.2, 0.25) is 5.02 Å². The summed E-state index contributed by atoms with van der Waals surface area (Å²) >= 11 is 6.49. The van der Waals surface area contributed by atoms with Gasteiger partial charge in [0.15, 0.2) is 0 Å². The van der Waals surface area contributed by atoms with E-state index in [4.69, 9.17) is 21.1 Å². The lowest BCUT2D eigenvalue weighted by molar-refractivity contribution is -0.156. The fraction of sp³-hybridized carbons (Fsp3) is 0.348. The lowest BCUT2D eigenvalue weighted by atomic mass is 9.88. The lowest BCUT2D eigenvalue weighted by Gasteiger charge is -2.24. The Kier molecular flexibility index (Phi) is 6.60. The molecule has 0 spiro atoms. The number of methoxy groups -OCH3 is 1. The van der Waals surface area contributed by atoms with Crippen molar-refractivity contribution in [1.29, 1.82) is 0 Å². The van der Waals surface area contributed by atoms with Gasteiger partial charge in [-0.05, 0) is 46.9 Å². The van der Waals surface area contributed by atoms with Gasteiger partial charge in [0, 0.05) is 12.0 Å². The maximum absolute atomic E-state index is 13.5. The summed E-state index contributed by atoms with van der Waals surface area (Å²) in [5, 5.41) is 10.3. The van der Waals surface area contributed by atoms with Gasteiger partial charge in [-0.15, -0.1) is 0 Å². The lowest BCUT2D eigenvalue weighted by Crippen LogP contribution is -2.31. The summed E-state index contributed by atoms with van der Waals surface area (Å²) in [5.74, 6) is -0.117. The van der Waals surface area contributed by atoms with Gasteiger partial charge in [0.25, 0.3) is 0 Å². The highest BCUT2D eigenvalue weighted by Gasteiger charge is 2.26. The molecule has 0 aromatic heterocycles. The number of aliphatic hydroxyl groups excluding tert-OH is 1. The third kappa shape index (κ3) is 4.80. The molecule has 0 saturated carbocycles. The fourth-order valence-electron chi connectivity index (χ4n) is 3.56. The normalized spacial score (nSPS) is 19.6. The van der Waals surface area contributed by atoms with Gasteiger partial charge in [0.1, 0.15) is 17.7 Å². The van der Waals surface area contributed by atoms with Crippen molar-refractivity contribution >= 4 is 23.6 Å². The predicted octanol–water partition coefficient (Wildman–Crippen LogP) is 5.36. The third-order valence-corrected chi connectivity index (χ3v) is 5.21. The summed E-state index contributed by atoms with van der Waals surface area (Å²) in [6.45, 7) is 4.10. The summed E-state index contributed by atoms with van der Waals surface area (Å²) in [6, 6.07) is 7.99. The maximum atomic E-state index is 13.5. The molecule has 2 aromatic rings. The number of aliphatic hydroxyl groups is 1. The summed E-state index contributed by atoms with van der Waals surface area (Å²) in [7, 11) is 1.54. The molecular weight excluding hydrogens is 395 g/mol. The Labute approximate surface area is 174 Å². The van der Waals surface area contributed by atoms with E-state index in [-0.39, 0.29) is 18.2 Å². The van der Waals surface area contributed by atoms with Crippen LogP contribution >= 0.6 is 11.6 Å². The Balaban J connectivity index is 2.16. The van der Waals surface area contributed by atoms with Crippen molar-refractivity contribution in [3.63, 3.8) is 0 Å². The summed E-state index contributed by atoms with van der Waals surface area (Å²) < 4.78 is 24.4. The van der Waals surface area contributed by atoms with Gasteiger partial charge in [0.05, 0.1) is 24.7 Å². The zero-order valence-electron chi connectivity index (χ0n) is 16.6. The van der Waals surface area contributed by atoms with Gasteiger partial charge in [-0.3, -0.25) is 4.79 Å². The molecule has 1 N–H and O–H groups in total. The van der Waals surface area contributed by atoms with Crippen LogP contribution in [0.5, 0.6) is 5.75 Å². The third-order valence-electron chi connectivity index (χ3n) is 4.93. The van der Waals surface area contributed by atoms with E-state index in [0.717, 1.165) is 22.3 Å². The number of carbonyl (C=O) groups is 1. The molecule has 3 rings (SSSR count). The molecule has 1 heterocycles. The number of rotatable bonds is 5. The van der Waals surface area contributed by atoms with E-state index in [1.807, 2.05) is 26.0 Å². The molecule has 0 radical (unpaired) electrons. The Bertz CT molecular complexity index is 921. The van der Waals surface area contributed by atoms with Gasteiger partial charge < -0.3 is 14.6 Å². The highest BCUT2D eigenvalue weighted by atomic mass is 35.5. The first-order chi connectivity index (χ1) is 13.8. The van der Waals surface area contributed by atoms with Crippen LogP contribution in [0.4, 0.5) is 4.39 Å². The quantitative estimate of drug-likeness (QED) is 0.664. The first-order valence-corrected chi connectivity index (χ1v) is 9.90. The highest BCUT2D eigenvalue weighted by molar-refractivity contribution is 6.32. The fourth-order valence-corrected chi connectivity index (χ4v) is 3.85. The molecule has 6 heteroatoms. The van der Waals surface area contributed by atoms with Gasteiger partial charge in [0.2, 0.25) is 0 Å². The van der Waals surface area contributed by atoms with Crippen molar-refractivity contribution in [1.82, 2.24) is 0 Å². The van der Waals surface area contributed by atoms with Crippen molar-refractivity contribution in [3.8, 4) is 16.9 Å². The average molecular weight is 419 g/mol. The number of esters is 1. The van der Waals surface area contributed by atoms with Crippen LogP contribution in [0.3, 0.4) is 0 Å². The van der Waals surface area contributed by atoms with Gasteiger partial charge in [-0.25, -0.2) is 4.39 Å². The zero-order chi connectivity index (χ0) is 21.1. The number of halogens is 2. The first kappa shape index (κ1) is 21.3. The Morgan fingerprint density at radius 3 is 2.59 bits per heavy atom. The van der Waals surface area contributed by atoms with Crippen LogP contribution in [0, 0.1) is 5.82 Å². The first-order valence-electron chi connectivity index (χ1n) is 9.52. The predicted molar refractivity (Wildman–Crippen MR) is 112 cm³/mol. The standard InChI is InChI=1S/C23H24ClFO4/c1-13(2)19-12-20(24)23(28-3)22(14-4-6-15(25)7-5-14)18(19)9-8-17-10-16(26)11-21(27)29-17/h4-9,12-13,16-17,26H,10-11H2,1-3H3/t16-,17-/m1/s1. The van der Waals surface area contributed by atoms with Crippen molar-refractivity contribution in [2.45, 2.75) is 44.8 Å². The minimum absolute atomic E-state index is 0.0111. The summed E-state index contributed by atoms with van der Waals surface area (Å²) in [6.07, 6.45) is 2.75. The van der Waals surface area contributed by atoms with E-state index >= 15 is 0 Å². The van der Waals surface area contributed by atoms with Crippen LogP contribution in [-0.4, -0.2) is 30.4 Å². The van der Waals surface area contributed by atoms with Crippen LogP contribution < -0.4 is 4.74 Å². The Morgan fingerprint density at radius 2 is 2.00 bits per heavy atom. The monoisotopic (exact) mass is 418 g/mol. The maximum Gasteiger partial charge on any atom is 0.309 e. The van der Waals surface area contributed by atoms with E-state index in [2.05, 4.69) is 0 Å². The van der Waals surface area contributed by atoms with Crippen LogP contribution in [0.1, 0.15) is 43.7 Å². The zero-order valence-corrected chi connectivity index (χ0v) is 17.4. The van der Waals surface area contributed by atoms with E-state index in [9.17, 15) is 14.3 Å². The Hall–Kier alpha value is -2.37. The number of cyclic esters (lactones) is 1. The second-order valence-electron chi connectivity index (χ2n) is 7.41. The summed E-state index contributed by atoms with van der Waals surface area (Å²) in [4.78, 5) is 11.6. The topological polar surface area (TPSA) is 55.8 Å². The molecule has 0 aliphatic carbocycles. The number of hydrogen-bond donors (Lipinski definition) is 1. The van der Waals surface area contributed by atoms with Gasteiger partial charge in [-0.2, -0.15) is 0 Å². The number of ether oxygens (including phenoxy) is 2. The van der Waals surface area contributed by atoms with Crippen LogP contribution in [0.25, 0.3) is 17.2 Å². The molecule has 2 aromatic carbocycles.